The van der Waals surface area contributed by atoms with Crippen molar-refractivity contribution in [1.82, 2.24) is 0 Å². The zero-order valence-corrected chi connectivity index (χ0v) is 50.2. The molecule has 0 aromatic rings. The maximum absolute atomic E-state index is 12.8. The number of nitrogens with zero attached hydrogens (tertiary/aromatic N) is 1. The van der Waals surface area contributed by atoms with E-state index in [1.54, 1.807) is 0 Å². The molecule has 0 saturated heterocycles. The van der Waals surface area contributed by atoms with Gasteiger partial charge < -0.3 is 27.9 Å². The Hall–Kier alpha value is -4.89. The van der Waals surface area contributed by atoms with Gasteiger partial charge in [0.25, 0.3) is 7.82 Å². The Morgan fingerprint density at radius 1 is 0.397 bits per heavy atom. The number of allylic oxidation sites excluding steroid dienone is 30. The highest BCUT2D eigenvalue weighted by atomic mass is 31.2. The van der Waals surface area contributed by atoms with Crippen LogP contribution < -0.4 is 4.89 Å². The molecular formula is C68H106NO8P. The molecule has 2 unspecified atom stereocenters. The van der Waals surface area contributed by atoms with Crippen LogP contribution in [0.5, 0.6) is 0 Å². The third kappa shape index (κ3) is 60.3. The molecule has 436 valence electrons. The van der Waals surface area contributed by atoms with Crippen molar-refractivity contribution in [2.75, 3.05) is 47.5 Å². The molecule has 2 atom stereocenters. The highest BCUT2D eigenvalue weighted by Gasteiger charge is 2.21. The quantitative estimate of drug-likeness (QED) is 0.0195. The maximum atomic E-state index is 12.8. The lowest BCUT2D eigenvalue weighted by Crippen LogP contribution is -2.37. The normalized spacial score (nSPS) is 14.6. The Bertz CT molecular complexity index is 1970. The van der Waals surface area contributed by atoms with Crippen LogP contribution in [0.15, 0.2) is 182 Å². The smallest absolute Gasteiger partial charge is 0.306 e. The molecule has 0 aliphatic carbocycles. The van der Waals surface area contributed by atoms with E-state index in [1.165, 1.54) is 0 Å². The van der Waals surface area contributed by atoms with Crippen molar-refractivity contribution in [3.05, 3.63) is 182 Å². The minimum atomic E-state index is -4.67. The summed E-state index contributed by atoms with van der Waals surface area (Å²) in [5, 5.41) is 0. The first-order valence-electron chi connectivity index (χ1n) is 29.5. The van der Waals surface area contributed by atoms with Crippen molar-refractivity contribution in [3.63, 3.8) is 0 Å². The van der Waals surface area contributed by atoms with Gasteiger partial charge in [-0.05, 0) is 135 Å². The average Bonchev–Trinajstić information content (AvgIpc) is 3.40. The first-order chi connectivity index (χ1) is 38.0. The number of hydrogen-bond acceptors (Lipinski definition) is 8. The van der Waals surface area contributed by atoms with Gasteiger partial charge >= 0.3 is 11.9 Å². The Morgan fingerprint density at radius 2 is 0.692 bits per heavy atom. The Labute approximate surface area is 476 Å². The molecule has 0 aliphatic heterocycles. The van der Waals surface area contributed by atoms with Crippen LogP contribution in [0.3, 0.4) is 0 Å². The van der Waals surface area contributed by atoms with Gasteiger partial charge in [-0.15, -0.1) is 0 Å². The van der Waals surface area contributed by atoms with Crippen molar-refractivity contribution >= 4 is 19.8 Å². The van der Waals surface area contributed by atoms with E-state index in [0.29, 0.717) is 23.9 Å². The number of quaternary nitrogens is 1. The van der Waals surface area contributed by atoms with Gasteiger partial charge in [0.15, 0.2) is 6.10 Å². The molecule has 0 spiro atoms. The molecule has 9 nitrogen and oxygen atoms in total. The van der Waals surface area contributed by atoms with E-state index >= 15 is 0 Å². The number of phosphoric ester groups is 1. The number of carbonyl (C=O) groups excluding carboxylic acids is 2. The summed E-state index contributed by atoms with van der Waals surface area (Å²) in [7, 11) is 1.09. The maximum Gasteiger partial charge on any atom is 0.306 e. The van der Waals surface area contributed by atoms with Crippen LogP contribution in [0, 0.1) is 0 Å². The lowest BCUT2D eigenvalue weighted by molar-refractivity contribution is -0.870. The lowest BCUT2D eigenvalue weighted by Gasteiger charge is -2.28. The molecule has 0 bridgehead atoms. The molecule has 0 N–H and O–H groups in total. The second kappa shape index (κ2) is 56.8. The van der Waals surface area contributed by atoms with E-state index in [9.17, 15) is 19.0 Å². The number of unbranched alkanes of at least 4 members (excludes halogenated alkanes) is 7. The predicted octanol–water partition coefficient (Wildman–Crippen LogP) is 18.2. The van der Waals surface area contributed by atoms with Crippen LogP contribution in [0.4, 0.5) is 0 Å². The standard InChI is InChI=1S/C68H106NO8P/c1-6-8-10-12-14-16-18-20-22-24-26-28-30-31-32-33-34-35-36-37-39-41-43-45-47-49-51-53-55-57-59-61-68(71)77-66(65-76-78(72,73)75-63-62-69(3,4)5)64-74-67(70)60-58-56-54-52-50-48-46-44-42-40-38-29-27-25-23-21-19-17-15-13-11-9-7-2/h8-11,14-17,20-23,26-29,31-32,34-35,37,39-40,42-43,45-46,48-49,51,66H,6-7,12-13,18-19,24-25,30,33,36,38,41,44,47,50,52-65H2,1-5H3/b10-8-,11-9-,16-14-,17-15-,22-20-,23-21-,28-26-,29-27-,32-31-,35-34-,39-37-,42-40-,45-43-,48-46-,51-49-. The predicted molar refractivity (Wildman–Crippen MR) is 332 cm³/mol. The van der Waals surface area contributed by atoms with Crippen LogP contribution >= 0.6 is 7.82 Å². The summed E-state index contributed by atoms with van der Waals surface area (Å²) in [5.41, 5.74) is 0. The molecule has 78 heavy (non-hydrogen) atoms. The van der Waals surface area contributed by atoms with E-state index in [-0.39, 0.29) is 26.1 Å². The average molecular weight is 1100 g/mol. The van der Waals surface area contributed by atoms with Gasteiger partial charge in [-0.3, -0.25) is 14.2 Å². The molecule has 0 amide bonds. The SMILES string of the molecule is CC/C=C\C/C=C\C/C=C\C/C=C\C/C=C\C/C=C\C/C=C\C/C=C\C/C=C\CCCCCC(=O)OC(COC(=O)CCCCCC/C=C\C/C=C\C/C=C\C/C=C\C/C=C\C/C=C\CC)COP(=O)([O-])OCC[N+](C)(C)C. The van der Waals surface area contributed by atoms with Gasteiger partial charge in [-0.2, -0.15) is 0 Å². The monoisotopic (exact) mass is 1100 g/mol. The van der Waals surface area contributed by atoms with Crippen LogP contribution in [-0.4, -0.2) is 70.0 Å². The summed E-state index contributed by atoms with van der Waals surface area (Å²) in [6, 6.07) is 0. The van der Waals surface area contributed by atoms with Gasteiger partial charge in [0, 0.05) is 12.8 Å². The Morgan fingerprint density at radius 3 is 1.03 bits per heavy atom. The fraction of sp³-hybridized carbons (Fsp3) is 0.529. The minimum absolute atomic E-state index is 0.0541. The molecule has 0 aliphatic rings. The number of carbonyl (C=O) groups is 2. The van der Waals surface area contributed by atoms with Gasteiger partial charge in [-0.25, -0.2) is 0 Å². The largest absolute Gasteiger partial charge is 0.756 e. The van der Waals surface area contributed by atoms with Crippen LogP contribution in [0.25, 0.3) is 0 Å². The second-order valence-electron chi connectivity index (χ2n) is 19.9. The van der Waals surface area contributed by atoms with E-state index in [2.05, 4.69) is 196 Å². The lowest BCUT2D eigenvalue weighted by atomic mass is 10.1. The summed E-state index contributed by atoms with van der Waals surface area (Å²) >= 11 is 0. The molecule has 0 saturated carbocycles. The molecule has 10 heteroatoms. The zero-order chi connectivity index (χ0) is 57.0. The third-order valence-corrected chi connectivity index (χ3v) is 12.4. The molecule has 0 aromatic carbocycles. The summed E-state index contributed by atoms with van der Waals surface area (Å²) in [5.74, 6) is -0.920. The third-order valence-electron chi connectivity index (χ3n) is 11.4. The first-order valence-corrected chi connectivity index (χ1v) is 31.0. The fourth-order valence-corrected chi connectivity index (χ4v) is 7.67. The second-order valence-corrected chi connectivity index (χ2v) is 21.3. The summed E-state index contributed by atoms with van der Waals surface area (Å²) in [6.07, 6.45) is 87.9. The summed E-state index contributed by atoms with van der Waals surface area (Å²) < 4.78 is 34.1. The van der Waals surface area contributed by atoms with Gasteiger partial charge in [0.2, 0.25) is 0 Å². The molecule has 0 aromatic heterocycles. The molecule has 0 fully saturated rings. The first kappa shape index (κ1) is 73.1. The molecule has 0 rings (SSSR count). The fourth-order valence-electron chi connectivity index (χ4n) is 6.94. The molecule has 0 heterocycles. The molecular weight excluding hydrogens is 990 g/mol. The topological polar surface area (TPSA) is 111 Å². The van der Waals surface area contributed by atoms with E-state index in [4.69, 9.17) is 18.5 Å². The number of rotatable bonds is 51. The van der Waals surface area contributed by atoms with Gasteiger partial charge in [0.1, 0.15) is 19.8 Å². The van der Waals surface area contributed by atoms with Crippen molar-refractivity contribution in [1.29, 1.82) is 0 Å². The summed E-state index contributed by atoms with van der Waals surface area (Å²) in [6.45, 7) is 3.90. The molecule has 0 radical (unpaired) electrons. The number of likely N-dealkylation sites (N-methyl/N-ethyl adjacent to an activating group) is 1. The van der Waals surface area contributed by atoms with E-state index < -0.39 is 32.5 Å². The van der Waals surface area contributed by atoms with E-state index in [0.717, 1.165) is 141 Å². The minimum Gasteiger partial charge on any atom is -0.756 e. The van der Waals surface area contributed by atoms with Crippen molar-refractivity contribution in [2.24, 2.45) is 0 Å². The van der Waals surface area contributed by atoms with Gasteiger partial charge in [-0.1, -0.05) is 215 Å². The van der Waals surface area contributed by atoms with Crippen molar-refractivity contribution in [2.45, 2.75) is 187 Å². The number of hydrogen-bond donors (Lipinski definition) is 0. The number of phosphoric acid groups is 1. The van der Waals surface area contributed by atoms with Crippen molar-refractivity contribution < 1.29 is 42.1 Å². The van der Waals surface area contributed by atoms with Crippen molar-refractivity contribution in [3.8, 4) is 0 Å². The highest BCUT2D eigenvalue weighted by Crippen LogP contribution is 2.38. The zero-order valence-electron chi connectivity index (χ0n) is 49.3. The number of esters is 2. The van der Waals surface area contributed by atoms with Crippen LogP contribution in [0.2, 0.25) is 0 Å². The Kier molecular flexibility index (Phi) is 53.3. The Balaban J connectivity index is 4.36. The summed E-state index contributed by atoms with van der Waals surface area (Å²) in [4.78, 5) is 37.9. The van der Waals surface area contributed by atoms with Crippen LogP contribution in [0.1, 0.15) is 181 Å². The van der Waals surface area contributed by atoms with Gasteiger partial charge in [0.05, 0.1) is 27.7 Å². The highest BCUT2D eigenvalue weighted by molar-refractivity contribution is 7.45. The van der Waals surface area contributed by atoms with Crippen LogP contribution in [-0.2, 0) is 32.7 Å². The number of ether oxygens (including phenoxy) is 2. The van der Waals surface area contributed by atoms with E-state index in [1.807, 2.05) is 21.1 Å².